The molecule has 118 valence electrons. The monoisotopic (exact) mass is 339 g/mol. The molecule has 0 spiro atoms. The normalized spacial score (nSPS) is 12.3. The number of benzene rings is 2. The van der Waals surface area contributed by atoms with E-state index in [1.165, 1.54) is 17.8 Å². The fraction of sp³-hybridized carbons (Fsp3) is 0.0667. The van der Waals surface area contributed by atoms with E-state index in [1.807, 2.05) is 30.3 Å². The van der Waals surface area contributed by atoms with Crippen molar-refractivity contribution in [2.24, 2.45) is 9.98 Å². The van der Waals surface area contributed by atoms with E-state index in [0.717, 1.165) is 5.56 Å². The third kappa shape index (κ3) is 2.54. The molecule has 0 saturated heterocycles. The highest BCUT2D eigenvalue weighted by molar-refractivity contribution is 7.99. The van der Waals surface area contributed by atoms with Crippen LogP contribution < -0.4 is 10.7 Å². The molecule has 0 N–H and O–H groups in total. The van der Waals surface area contributed by atoms with Crippen molar-refractivity contribution in [2.45, 2.75) is 10.1 Å². The first-order valence-electron chi connectivity index (χ1n) is 6.95. The number of fused-ring (bicyclic) bond motifs is 1. The second kappa shape index (κ2) is 5.85. The summed E-state index contributed by atoms with van der Waals surface area (Å²) in [6.07, 6.45) is 0. The lowest BCUT2D eigenvalue weighted by molar-refractivity contribution is -0.386. The summed E-state index contributed by atoms with van der Waals surface area (Å²) in [7, 11) is 0. The van der Waals surface area contributed by atoms with Crippen LogP contribution in [0, 0.1) is 10.1 Å². The van der Waals surface area contributed by atoms with Crippen molar-refractivity contribution in [3.63, 3.8) is 0 Å². The van der Waals surface area contributed by atoms with Crippen molar-refractivity contribution < 1.29 is 9.34 Å². The first kappa shape index (κ1) is 14.5. The number of rotatable bonds is 4. The lowest BCUT2D eigenvalue weighted by Gasteiger charge is -1.97. The highest BCUT2D eigenvalue weighted by Crippen LogP contribution is 2.27. The van der Waals surface area contributed by atoms with Crippen LogP contribution in [0.2, 0.25) is 0 Å². The van der Waals surface area contributed by atoms with E-state index in [1.54, 1.807) is 6.07 Å². The molecule has 0 radical (unpaired) electrons. The van der Waals surface area contributed by atoms with Crippen LogP contribution >= 0.6 is 11.8 Å². The molecule has 0 atom stereocenters. The Kier molecular flexibility index (Phi) is 3.54. The van der Waals surface area contributed by atoms with Crippen molar-refractivity contribution in [1.82, 2.24) is 10.2 Å². The Balaban J connectivity index is 1.69. The zero-order valence-electron chi connectivity index (χ0n) is 12.1. The van der Waals surface area contributed by atoms with Crippen LogP contribution in [0.4, 0.5) is 5.69 Å². The van der Waals surface area contributed by atoms with Gasteiger partial charge in [0, 0.05) is 16.5 Å². The van der Waals surface area contributed by atoms with Gasteiger partial charge in [0.2, 0.25) is 5.89 Å². The van der Waals surface area contributed by atoms with E-state index >= 15 is 0 Å². The van der Waals surface area contributed by atoms with Gasteiger partial charge < -0.3 is 4.42 Å². The Hall–Kier alpha value is -3.07. The SMILES string of the molecule is O=[N+]([O-])c1ccc(Sc2nnc(-c3ccccc3)o2)c2c1=NCN=2. The summed E-state index contributed by atoms with van der Waals surface area (Å²) in [5.74, 6) is 0.415. The number of nitro groups is 1. The average Bonchev–Trinajstić information content (AvgIpc) is 3.25. The summed E-state index contributed by atoms with van der Waals surface area (Å²) < 4.78 is 5.65. The Morgan fingerprint density at radius 3 is 2.62 bits per heavy atom. The predicted molar refractivity (Wildman–Crippen MR) is 84.1 cm³/mol. The van der Waals surface area contributed by atoms with Gasteiger partial charge in [0.25, 0.3) is 10.9 Å². The van der Waals surface area contributed by atoms with Gasteiger partial charge in [-0.05, 0) is 30.0 Å². The van der Waals surface area contributed by atoms with Gasteiger partial charge in [-0.2, -0.15) is 0 Å². The summed E-state index contributed by atoms with van der Waals surface area (Å²) in [5.41, 5.74) is 0.775. The number of nitrogens with zero attached hydrogens (tertiary/aromatic N) is 5. The Morgan fingerprint density at radius 2 is 1.83 bits per heavy atom. The van der Waals surface area contributed by atoms with Gasteiger partial charge in [0.05, 0.1) is 4.92 Å². The minimum Gasteiger partial charge on any atom is -0.411 e. The molecule has 1 aliphatic heterocycles. The molecule has 1 aliphatic rings. The minimum atomic E-state index is -0.460. The van der Waals surface area contributed by atoms with Gasteiger partial charge in [-0.15, -0.1) is 10.2 Å². The first-order chi connectivity index (χ1) is 11.7. The van der Waals surface area contributed by atoms with Gasteiger partial charge in [-0.1, -0.05) is 18.2 Å². The first-order valence-corrected chi connectivity index (χ1v) is 7.77. The fourth-order valence-electron chi connectivity index (χ4n) is 2.31. The van der Waals surface area contributed by atoms with E-state index in [9.17, 15) is 10.1 Å². The summed E-state index contributed by atoms with van der Waals surface area (Å²) in [6.45, 7) is 0.187. The maximum absolute atomic E-state index is 11.0. The van der Waals surface area contributed by atoms with Crippen LogP contribution in [0.1, 0.15) is 0 Å². The molecule has 9 heteroatoms. The molecule has 0 amide bonds. The molecule has 0 bridgehead atoms. The lowest BCUT2D eigenvalue weighted by Crippen LogP contribution is -2.26. The van der Waals surface area contributed by atoms with Crippen molar-refractivity contribution in [1.29, 1.82) is 0 Å². The maximum Gasteiger partial charge on any atom is 0.296 e. The highest BCUT2D eigenvalue weighted by atomic mass is 32.2. The molecule has 3 aromatic rings. The Labute approximate surface area is 139 Å². The smallest absolute Gasteiger partial charge is 0.296 e. The molecule has 2 heterocycles. The van der Waals surface area contributed by atoms with E-state index < -0.39 is 4.92 Å². The number of aromatic nitrogens is 2. The summed E-state index contributed by atoms with van der Waals surface area (Å²) in [5, 5.41) is 20.2. The number of nitro benzene ring substituents is 1. The second-order valence-electron chi connectivity index (χ2n) is 4.84. The Morgan fingerprint density at radius 1 is 1.04 bits per heavy atom. The van der Waals surface area contributed by atoms with Crippen LogP contribution in [0.5, 0.6) is 0 Å². The molecule has 4 rings (SSSR count). The highest BCUT2D eigenvalue weighted by Gasteiger charge is 2.18. The van der Waals surface area contributed by atoms with Crippen molar-refractivity contribution >= 4 is 17.4 Å². The van der Waals surface area contributed by atoms with Crippen LogP contribution in [-0.2, 0) is 0 Å². The molecular weight excluding hydrogens is 330 g/mol. The topological polar surface area (TPSA) is 107 Å². The number of non-ortho nitro benzene ring substituents is 1. The average molecular weight is 339 g/mol. The molecule has 1 aromatic heterocycles. The predicted octanol–water partition coefficient (Wildman–Crippen LogP) is 2.01. The second-order valence-corrected chi connectivity index (χ2v) is 5.83. The minimum absolute atomic E-state index is 0.0499. The van der Waals surface area contributed by atoms with E-state index in [0.29, 0.717) is 26.7 Å². The zero-order valence-corrected chi connectivity index (χ0v) is 12.9. The van der Waals surface area contributed by atoms with Gasteiger partial charge in [-0.25, -0.2) is 0 Å². The van der Waals surface area contributed by atoms with Crippen LogP contribution in [0.15, 0.2) is 67.0 Å². The molecule has 2 aromatic carbocycles. The number of hydrogen-bond acceptors (Lipinski definition) is 8. The third-order valence-electron chi connectivity index (χ3n) is 3.37. The maximum atomic E-state index is 11.0. The van der Waals surface area contributed by atoms with Crippen LogP contribution in [-0.4, -0.2) is 21.8 Å². The van der Waals surface area contributed by atoms with Crippen LogP contribution in [0.3, 0.4) is 0 Å². The van der Waals surface area contributed by atoms with Gasteiger partial charge in [0.1, 0.15) is 12.0 Å². The quantitative estimate of drug-likeness (QED) is 0.531. The Bertz CT molecular complexity index is 1050. The molecular formula is C15H9N5O3S. The van der Waals surface area contributed by atoms with E-state index in [4.69, 9.17) is 4.42 Å². The van der Waals surface area contributed by atoms with E-state index in [2.05, 4.69) is 20.2 Å². The van der Waals surface area contributed by atoms with Crippen molar-refractivity contribution in [2.75, 3.05) is 6.67 Å². The molecule has 24 heavy (non-hydrogen) atoms. The van der Waals surface area contributed by atoms with Gasteiger partial charge >= 0.3 is 0 Å². The van der Waals surface area contributed by atoms with Crippen molar-refractivity contribution in [3.05, 3.63) is 63.3 Å². The number of hydrogen-bond donors (Lipinski definition) is 0. The molecule has 0 fully saturated rings. The summed E-state index contributed by atoms with van der Waals surface area (Å²) in [4.78, 5) is 19.6. The van der Waals surface area contributed by atoms with Gasteiger partial charge in [-0.3, -0.25) is 20.1 Å². The molecule has 0 saturated carbocycles. The fourth-order valence-corrected chi connectivity index (χ4v) is 3.09. The lowest BCUT2D eigenvalue weighted by atomic mass is 10.2. The van der Waals surface area contributed by atoms with E-state index in [-0.39, 0.29) is 12.4 Å². The molecule has 0 aliphatic carbocycles. The standard InChI is InChI=1S/C15H9N5O3S/c21-20(22)10-6-7-11(13-12(10)16-8-17-13)24-15-19-18-14(23-15)9-4-2-1-3-5-9/h1-7H,8H2. The van der Waals surface area contributed by atoms with Crippen molar-refractivity contribution in [3.8, 4) is 11.5 Å². The van der Waals surface area contributed by atoms with Gasteiger partial charge in [0.15, 0.2) is 5.36 Å². The summed E-state index contributed by atoms with van der Waals surface area (Å²) in [6, 6.07) is 12.5. The third-order valence-corrected chi connectivity index (χ3v) is 4.26. The van der Waals surface area contributed by atoms with Crippen LogP contribution in [0.25, 0.3) is 11.5 Å². The molecule has 0 unspecified atom stereocenters. The largest absolute Gasteiger partial charge is 0.411 e. The molecule has 8 nitrogen and oxygen atoms in total. The zero-order chi connectivity index (χ0) is 16.5. The summed E-state index contributed by atoms with van der Waals surface area (Å²) >= 11 is 1.21.